The molecule has 1 saturated heterocycles. The molecule has 8 heteroatoms. The first kappa shape index (κ1) is 21.1. The molecule has 2 aromatic heterocycles. The van der Waals surface area contributed by atoms with Crippen LogP contribution in [0.1, 0.15) is 16.8 Å². The first-order valence-electron chi connectivity index (χ1n) is 10.9. The van der Waals surface area contributed by atoms with Gasteiger partial charge in [-0.25, -0.2) is 18.7 Å². The van der Waals surface area contributed by atoms with Crippen LogP contribution in [0, 0.1) is 17.6 Å². The van der Waals surface area contributed by atoms with E-state index in [1.807, 2.05) is 35.3 Å². The number of rotatable bonds is 6. The molecule has 0 spiro atoms. The maximum Gasteiger partial charge on any atom is 0.309 e. The fourth-order valence-corrected chi connectivity index (χ4v) is 5.39. The van der Waals surface area contributed by atoms with Crippen LogP contribution in [0.2, 0.25) is 0 Å². The summed E-state index contributed by atoms with van der Waals surface area (Å²) >= 11 is 1.33. The smallest absolute Gasteiger partial charge is 0.309 e. The molecule has 0 saturated carbocycles. The van der Waals surface area contributed by atoms with Gasteiger partial charge >= 0.3 is 5.97 Å². The number of carboxylic acids is 1. The van der Waals surface area contributed by atoms with Crippen molar-refractivity contribution in [3.8, 4) is 10.6 Å². The Bertz CT molecular complexity index is 1450. The maximum absolute atomic E-state index is 15.0. The molecular weight excluding hydrogens is 456 g/mol. The van der Waals surface area contributed by atoms with E-state index in [4.69, 9.17) is 10.1 Å². The highest BCUT2D eigenvalue weighted by molar-refractivity contribution is 7.21. The molecule has 2 aromatic carbocycles. The summed E-state index contributed by atoms with van der Waals surface area (Å²) in [6, 6.07) is 15.3. The van der Waals surface area contributed by atoms with Gasteiger partial charge in [-0.2, -0.15) is 0 Å². The summed E-state index contributed by atoms with van der Waals surface area (Å²) in [4.78, 5) is 23.1. The number of benzene rings is 2. The summed E-state index contributed by atoms with van der Waals surface area (Å²) in [7, 11) is 0. The second-order valence-electron chi connectivity index (χ2n) is 8.79. The lowest BCUT2D eigenvalue weighted by Gasteiger charge is -2.36. The summed E-state index contributed by atoms with van der Waals surface area (Å²) < 4.78 is 28.3. The number of halogens is 2. The first-order valence-corrected chi connectivity index (χ1v) is 11.7. The molecule has 0 amide bonds. The lowest BCUT2D eigenvalue weighted by atomic mass is 9.89. The zero-order chi connectivity index (χ0) is 23.4. The average Bonchev–Trinajstić information content (AvgIpc) is 3.49. The van der Waals surface area contributed by atoms with Crippen molar-refractivity contribution >= 4 is 27.7 Å². The lowest BCUT2D eigenvalue weighted by Crippen LogP contribution is -2.49. The molecular formula is C26H19F2N3O2S. The van der Waals surface area contributed by atoms with E-state index in [-0.39, 0.29) is 17.6 Å². The number of aliphatic carboxylic acids is 1. The van der Waals surface area contributed by atoms with Crippen LogP contribution in [0.15, 0.2) is 66.7 Å². The SMILES string of the molecule is O=C(O)C1CN(Cc2ccc(-c3nc4ccc(C5(c6ccc(F)cc6)C=C5)nc4s3)c(F)c2)C1. The van der Waals surface area contributed by atoms with Crippen LogP contribution in [-0.4, -0.2) is 39.0 Å². The molecule has 4 aromatic rings. The van der Waals surface area contributed by atoms with Crippen LogP contribution in [0.25, 0.3) is 20.9 Å². The Morgan fingerprint density at radius 3 is 2.50 bits per heavy atom. The van der Waals surface area contributed by atoms with Crippen LogP contribution in [0.5, 0.6) is 0 Å². The Morgan fingerprint density at radius 1 is 1.06 bits per heavy atom. The van der Waals surface area contributed by atoms with Crippen molar-refractivity contribution in [2.45, 2.75) is 12.0 Å². The molecule has 1 aliphatic heterocycles. The highest BCUT2D eigenvalue weighted by atomic mass is 32.1. The Kier molecular flexibility index (Phi) is 4.82. The third-order valence-corrected chi connectivity index (χ3v) is 7.48. The van der Waals surface area contributed by atoms with E-state index >= 15 is 0 Å². The monoisotopic (exact) mass is 475 g/mol. The third kappa shape index (κ3) is 3.59. The van der Waals surface area contributed by atoms with E-state index in [0.717, 1.165) is 16.8 Å². The molecule has 1 aliphatic carbocycles. The van der Waals surface area contributed by atoms with Crippen LogP contribution in [0.3, 0.4) is 0 Å². The fourth-order valence-electron chi connectivity index (χ4n) is 4.43. The number of pyridine rings is 1. The van der Waals surface area contributed by atoms with Crippen LogP contribution < -0.4 is 0 Å². The maximum atomic E-state index is 15.0. The van der Waals surface area contributed by atoms with Crippen LogP contribution >= 0.6 is 11.3 Å². The van der Waals surface area contributed by atoms with Gasteiger partial charge in [-0.3, -0.25) is 9.69 Å². The molecule has 5 nitrogen and oxygen atoms in total. The Hall–Kier alpha value is -3.49. The van der Waals surface area contributed by atoms with Gasteiger partial charge in [0.1, 0.15) is 27.0 Å². The Morgan fingerprint density at radius 2 is 1.82 bits per heavy atom. The minimum absolute atomic E-state index is 0.280. The third-order valence-electron chi connectivity index (χ3n) is 6.48. The zero-order valence-corrected chi connectivity index (χ0v) is 18.7. The molecule has 1 fully saturated rings. The number of fused-ring (bicyclic) bond motifs is 1. The van der Waals surface area contributed by atoms with Crippen LogP contribution in [0.4, 0.5) is 8.78 Å². The molecule has 1 N–H and O–H groups in total. The van der Waals surface area contributed by atoms with Crippen molar-refractivity contribution < 1.29 is 18.7 Å². The quantitative estimate of drug-likeness (QED) is 0.397. The van der Waals surface area contributed by atoms with Crippen molar-refractivity contribution in [3.63, 3.8) is 0 Å². The minimum atomic E-state index is -0.786. The van der Waals surface area contributed by atoms with Gasteiger partial charge in [0.05, 0.1) is 17.0 Å². The molecule has 0 atom stereocenters. The number of likely N-dealkylation sites (tertiary alicyclic amines) is 1. The second-order valence-corrected chi connectivity index (χ2v) is 9.77. The Labute approximate surface area is 198 Å². The molecule has 0 unspecified atom stereocenters. The molecule has 34 heavy (non-hydrogen) atoms. The van der Waals surface area contributed by atoms with Gasteiger partial charge in [0.2, 0.25) is 0 Å². The number of carbonyl (C=O) groups is 1. The fraction of sp³-hybridized carbons (Fsp3) is 0.192. The number of carboxylic acid groups (broad SMARTS) is 1. The normalized spacial score (nSPS) is 17.1. The van der Waals surface area contributed by atoms with E-state index in [9.17, 15) is 13.6 Å². The Balaban J connectivity index is 1.24. The molecule has 0 radical (unpaired) electrons. The van der Waals surface area contributed by atoms with E-state index in [1.165, 1.54) is 29.5 Å². The van der Waals surface area contributed by atoms with Crippen LogP contribution in [-0.2, 0) is 16.8 Å². The summed E-state index contributed by atoms with van der Waals surface area (Å²) in [5.41, 5.74) is 3.25. The van der Waals surface area contributed by atoms with E-state index in [0.29, 0.717) is 40.6 Å². The number of allylic oxidation sites excluding steroid dienone is 2. The molecule has 3 heterocycles. The van der Waals surface area contributed by atoms with E-state index < -0.39 is 11.4 Å². The van der Waals surface area contributed by atoms with Gasteiger partial charge in [-0.1, -0.05) is 41.7 Å². The molecule has 170 valence electrons. The van der Waals surface area contributed by atoms with Gasteiger partial charge in [-0.15, -0.1) is 0 Å². The van der Waals surface area contributed by atoms with Gasteiger partial charge < -0.3 is 5.11 Å². The number of hydrogen-bond donors (Lipinski definition) is 1. The number of thiazole rings is 1. The van der Waals surface area contributed by atoms with Crippen molar-refractivity contribution in [1.29, 1.82) is 0 Å². The van der Waals surface area contributed by atoms with Crippen molar-refractivity contribution in [3.05, 3.63) is 95.2 Å². The van der Waals surface area contributed by atoms with Gasteiger partial charge in [-0.05, 0) is 47.5 Å². The van der Waals surface area contributed by atoms with E-state index in [2.05, 4.69) is 4.98 Å². The van der Waals surface area contributed by atoms with Gasteiger partial charge in [0.15, 0.2) is 0 Å². The van der Waals surface area contributed by atoms with Crippen molar-refractivity contribution in [1.82, 2.24) is 14.9 Å². The minimum Gasteiger partial charge on any atom is -0.481 e. The number of aromatic nitrogens is 2. The van der Waals surface area contributed by atoms with E-state index in [1.54, 1.807) is 18.2 Å². The van der Waals surface area contributed by atoms with Gasteiger partial charge in [0.25, 0.3) is 0 Å². The molecule has 6 rings (SSSR count). The zero-order valence-electron chi connectivity index (χ0n) is 17.9. The summed E-state index contributed by atoms with van der Waals surface area (Å²) in [5.74, 6) is -1.76. The predicted octanol–water partition coefficient (Wildman–Crippen LogP) is 5.01. The summed E-state index contributed by atoms with van der Waals surface area (Å²) in [6.45, 7) is 1.49. The first-order chi connectivity index (χ1) is 16.4. The topological polar surface area (TPSA) is 66.3 Å². The summed E-state index contributed by atoms with van der Waals surface area (Å²) in [5, 5.41) is 9.56. The highest BCUT2D eigenvalue weighted by Crippen LogP contribution is 2.45. The lowest BCUT2D eigenvalue weighted by molar-refractivity contribution is -0.147. The highest BCUT2D eigenvalue weighted by Gasteiger charge is 2.39. The second kappa shape index (κ2) is 7.78. The standard InChI is InChI=1S/C26H19F2N3O2S/c27-18-4-2-17(3-5-18)26(9-10-26)22-8-7-21-24(30-22)34-23(29-21)19-6-1-15(11-20(19)28)12-31-13-16(14-31)25(32)33/h1-11,16H,12-14H2,(H,32,33). The van der Waals surface area contributed by atoms with Crippen molar-refractivity contribution in [2.24, 2.45) is 5.92 Å². The predicted molar refractivity (Wildman–Crippen MR) is 126 cm³/mol. The van der Waals surface area contributed by atoms with Gasteiger partial charge in [0, 0.05) is 25.2 Å². The molecule has 2 aliphatic rings. The summed E-state index contributed by atoms with van der Waals surface area (Å²) in [6.07, 6.45) is 4.07. The number of hydrogen-bond acceptors (Lipinski definition) is 5. The average molecular weight is 476 g/mol. The largest absolute Gasteiger partial charge is 0.481 e. The number of nitrogens with zero attached hydrogens (tertiary/aromatic N) is 3. The molecule has 0 bridgehead atoms. The van der Waals surface area contributed by atoms with Crippen molar-refractivity contribution in [2.75, 3.05) is 13.1 Å².